The third-order valence-electron chi connectivity index (χ3n) is 5.36. The molecule has 13 nitrogen and oxygen atoms in total. The number of thiol groups is 1. The number of carbonyl (C=O) groups is 4. The highest BCUT2D eigenvalue weighted by atomic mass is 32.1. The van der Waals surface area contributed by atoms with Crippen LogP contribution >= 0.6 is 12.6 Å². The molecule has 0 unspecified atom stereocenters. The molecular formula is C23H37N7O6S. The quantitative estimate of drug-likeness (QED) is 0.0541. The van der Waals surface area contributed by atoms with Gasteiger partial charge in [-0.1, -0.05) is 26.0 Å². The summed E-state index contributed by atoms with van der Waals surface area (Å²) in [6.07, 6.45) is 0.709. The molecular weight excluding hydrogens is 502 g/mol. The Bertz CT molecular complexity index is 953. The van der Waals surface area contributed by atoms with E-state index in [4.69, 9.17) is 17.2 Å². The van der Waals surface area contributed by atoms with E-state index in [-0.39, 0.29) is 30.3 Å². The minimum Gasteiger partial charge on any atom is -0.508 e. The molecule has 3 amide bonds. The minimum atomic E-state index is -1.22. The molecule has 0 fully saturated rings. The molecule has 11 N–H and O–H groups in total. The van der Waals surface area contributed by atoms with Crippen molar-refractivity contribution in [1.29, 1.82) is 0 Å². The summed E-state index contributed by atoms with van der Waals surface area (Å²) in [5.41, 5.74) is 17.0. The summed E-state index contributed by atoms with van der Waals surface area (Å²) in [5, 5.41) is 26.5. The van der Waals surface area contributed by atoms with Gasteiger partial charge in [0, 0.05) is 18.7 Å². The standard InChI is InChI=1S/C23H37N7O6S/c1-12(2)18(22(35)36)30-20(33)16(10-13-5-7-14(31)8-6-13)28-21(34)17(11-37)29-19(32)15(24)4-3-9-27-23(25)26/h5-8,12,15-18,31,37H,3-4,9-11,24H2,1-2H3,(H,28,34)(H,29,32)(H,30,33)(H,35,36)(H4,25,26,27)/t15-,16-,17-,18-/m0/s1. The van der Waals surface area contributed by atoms with Crippen molar-refractivity contribution in [3.63, 3.8) is 0 Å². The largest absolute Gasteiger partial charge is 0.508 e. The van der Waals surface area contributed by atoms with Gasteiger partial charge in [-0.2, -0.15) is 12.6 Å². The van der Waals surface area contributed by atoms with Crippen molar-refractivity contribution in [2.24, 2.45) is 28.1 Å². The smallest absolute Gasteiger partial charge is 0.326 e. The summed E-state index contributed by atoms with van der Waals surface area (Å²) < 4.78 is 0. The number of hydrogen-bond donors (Lipinski definition) is 9. The van der Waals surface area contributed by atoms with E-state index in [0.717, 1.165) is 0 Å². The Hall–Kier alpha value is -3.52. The fourth-order valence-electron chi connectivity index (χ4n) is 3.24. The first-order chi connectivity index (χ1) is 17.3. The molecule has 0 saturated heterocycles. The highest BCUT2D eigenvalue weighted by molar-refractivity contribution is 7.80. The second kappa shape index (κ2) is 15.6. The Labute approximate surface area is 221 Å². The Morgan fingerprint density at radius 1 is 0.973 bits per heavy atom. The van der Waals surface area contributed by atoms with Gasteiger partial charge in [0.1, 0.15) is 23.9 Å². The van der Waals surface area contributed by atoms with Crippen LogP contribution in [0.4, 0.5) is 0 Å². The third-order valence-corrected chi connectivity index (χ3v) is 5.72. The first-order valence-corrected chi connectivity index (χ1v) is 12.3. The normalized spacial score (nSPS) is 14.1. The fourth-order valence-corrected chi connectivity index (χ4v) is 3.50. The van der Waals surface area contributed by atoms with Gasteiger partial charge in [0.05, 0.1) is 6.04 Å². The van der Waals surface area contributed by atoms with Crippen LogP contribution in [-0.4, -0.2) is 76.3 Å². The van der Waals surface area contributed by atoms with E-state index in [2.05, 4.69) is 33.6 Å². The van der Waals surface area contributed by atoms with Crippen LogP contribution < -0.4 is 33.2 Å². The molecule has 0 aromatic heterocycles. The van der Waals surface area contributed by atoms with Crippen LogP contribution in [0.3, 0.4) is 0 Å². The summed E-state index contributed by atoms with van der Waals surface area (Å²) >= 11 is 4.13. The lowest BCUT2D eigenvalue weighted by molar-refractivity contribution is -0.143. The van der Waals surface area contributed by atoms with Crippen molar-refractivity contribution in [2.75, 3.05) is 12.3 Å². The van der Waals surface area contributed by atoms with Gasteiger partial charge in [0.25, 0.3) is 0 Å². The van der Waals surface area contributed by atoms with Crippen molar-refractivity contribution in [3.05, 3.63) is 29.8 Å². The zero-order valence-electron chi connectivity index (χ0n) is 20.9. The summed E-state index contributed by atoms with van der Waals surface area (Å²) in [6, 6.07) is 1.58. The Balaban J connectivity index is 2.95. The van der Waals surface area contributed by atoms with Crippen LogP contribution in [0, 0.1) is 5.92 Å². The van der Waals surface area contributed by atoms with E-state index in [1.807, 2.05) is 0 Å². The first kappa shape index (κ1) is 31.5. The van der Waals surface area contributed by atoms with Gasteiger partial charge in [-0.15, -0.1) is 0 Å². The summed E-state index contributed by atoms with van der Waals surface area (Å²) in [7, 11) is 0. The molecule has 4 atom stereocenters. The average molecular weight is 540 g/mol. The molecule has 1 aromatic rings. The first-order valence-electron chi connectivity index (χ1n) is 11.7. The topological polar surface area (TPSA) is 235 Å². The van der Waals surface area contributed by atoms with Gasteiger partial charge in [0.15, 0.2) is 5.96 Å². The van der Waals surface area contributed by atoms with E-state index in [1.165, 1.54) is 12.1 Å². The number of guanidine groups is 1. The molecule has 0 radical (unpaired) electrons. The molecule has 0 saturated carbocycles. The van der Waals surface area contributed by atoms with E-state index >= 15 is 0 Å². The van der Waals surface area contributed by atoms with Crippen LogP contribution in [-0.2, 0) is 25.6 Å². The molecule has 1 rings (SSSR count). The Kier molecular flexibility index (Phi) is 13.3. The summed E-state index contributed by atoms with van der Waals surface area (Å²) in [5.74, 6) is -3.78. The van der Waals surface area contributed by atoms with Crippen LogP contribution in [0.15, 0.2) is 29.3 Å². The maximum atomic E-state index is 13.0. The number of carboxylic acid groups (broad SMARTS) is 1. The van der Waals surface area contributed by atoms with Crippen molar-refractivity contribution >= 4 is 42.3 Å². The number of amides is 3. The van der Waals surface area contributed by atoms with E-state index in [9.17, 15) is 29.4 Å². The number of carboxylic acids is 1. The number of phenolic OH excluding ortho intramolecular Hbond substituents is 1. The van der Waals surface area contributed by atoms with Crippen LogP contribution in [0.5, 0.6) is 5.75 Å². The lowest BCUT2D eigenvalue weighted by Gasteiger charge is -2.25. The highest BCUT2D eigenvalue weighted by Crippen LogP contribution is 2.12. The maximum Gasteiger partial charge on any atom is 0.326 e. The van der Waals surface area contributed by atoms with E-state index < -0.39 is 53.8 Å². The number of phenols is 1. The molecule has 206 valence electrons. The lowest BCUT2D eigenvalue weighted by atomic mass is 10.0. The van der Waals surface area contributed by atoms with Gasteiger partial charge in [-0.05, 0) is 36.5 Å². The number of nitrogens with zero attached hydrogens (tertiary/aromatic N) is 1. The number of hydrogen-bond acceptors (Lipinski definition) is 8. The lowest BCUT2D eigenvalue weighted by Crippen LogP contribution is -2.58. The Morgan fingerprint density at radius 3 is 2.05 bits per heavy atom. The van der Waals surface area contributed by atoms with Crippen molar-refractivity contribution < 1.29 is 29.4 Å². The average Bonchev–Trinajstić information content (AvgIpc) is 2.83. The minimum absolute atomic E-state index is 0.000168. The second-order valence-corrected chi connectivity index (χ2v) is 9.16. The molecule has 1 aromatic carbocycles. The van der Waals surface area contributed by atoms with Crippen molar-refractivity contribution in [1.82, 2.24) is 16.0 Å². The molecule has 0 spiro atoms. The molecule has 14 heteroatoms. The molecule has 0 aliphatic carbocycles. The van der Waals surface area contributed by atoms with Crippen LogP contribution in [0.2, 0.25) is 0 Å². The molecule has 0 aliphatic rings. The number of nitrogens with two attached hydrogens (primary N) is 3. The summed E-state index contributed by atoms with van der Waals surface area (Å²) in [6.45, 7) is 3.57. The fraction of sp³-hybridized carbons (Fsp3) is 0.522. The van der Waals surface area contributed by atoms with Crippen molar-refractivity contribution in [3.8, 4) is 5.75 Å². The molecule has 37 heavy (non-hydrogen) atoms. The number of aromatic hydroxyl groups is 1. The number of aliphatic imine (C=N–C) groups is 1. The molecule has 0 heterocycles. The zero-order chi connectivity index (χ0) is 28.1. The highest BCUT2D eigenvalue weighted by Gasteiger charge is 2.31. The number of carbonyl (C=O) groups excluding carboxylic acids is 3. The number of nitrogens with one attached hydrogen (secondary N) is 3. The van der Waals surface area contributed by atoms with Crippen LogP contribution in [0.1, 0.15) is 32.3 Å². The number of aliphatic carboxylic acids is 1. The zero-order valence-corrected chi connectivity index (χ0v) is 21.8. The van der Waals surface area contributed by atoms with E-state index in [0.29, 0.717) is 18.5 Å². The van der Waals surface area contributed by atoms with Gasteiger partial charge in [-0.25, -0.2) is 4.79 Å². The third kappa shape index (κ3) is 11.4. The second-order valence-electron chi connectivity index (χ2n) is 8.80. The van der Waals surface area contributed by atoms with Gasteiger partial charge < -0.3 is 43.4 Å². The monoisotopic (exact) mass is 539 g/mol. The van der Waals surface area contributed by atoms with Gasteiger partial charge >= 0.3 is 5.97 Å². The predicted octanol–water partition coefficient (Wildman–Crippen LogP) is -1.56. The van der Waals surface area contributed by atoms with Gasteiger partial charge in [0.2, 0.25) is 17.7 Å². The molecule has 0 aliphatic heterocycles. The van der Waals surface area contributed by atoms with Crippen LogP contribution in [0.25, 0.3) is 0 Å². The maximum absolute atomic E-state index is 13.0. The summed E-state index contributed by atoms with van der Waals surface area (Å²) in [4.78, 5) is 53.9. The predicted molar refractivity (Wildman–Crippen MR) is 142 cm³/mol. The number of benzene rings is 1. The Morgan fingerprint density at radius 2 is 1.54 bits per heavy atom. The SMILES string of the molecule is CC(C)[C@H](NC(=O)[C@H](Cc1ccc(O)cc1)NC(=O)[C@H](CS)NC(=O)[C@@H](N)CCCN=C(N)N)C(=O)O. The number of rotatable bonds is 15. The van der Waals surface area contributed by atoms with E-state index in [1.54, 1.807) is 26.0 Å². The van der Waals surface area contributed by atoms with Crippen molar-refractivity contribution in [2.45, 2.75) is 57.3 Å². The molecule has 0 bridgehead atoms. The van der Waals surface area contributed by atoms with Gasteiger partial charge in [-0.3, -0.25) is 19.4 Å².